The Labute approximate surface area is 54.2 Å². The molecule has 0 atom stereocenters. The summed E-state index contributed by atoms with van der Waals surface area (Å²) in [6.45, 7) is 0.972. The first-order valence-electron chi connectivity index (χ1n) is 0.908. The first-order valence-corrected chi connectivity index (χ1v) is 0.908. The average Bonchev–Trinajstić information content (AvgIpc) is 0.811. The Morgan fingerprint density at radius 3 is 1.43 bits per heavy atom. The molecule has 0 aliphatic heterocycles. The molecule has 0 aliphatic rings. The molecule has 0 radical (unpaired) electrons. The number of carboxylic acids is 1. The summed E-state index contributed by atoms with van der Waals surface area (Å²) in [5, 5.41) is 8.89. The van der Waals surface area contributed by atoms with Gasteiger partial charge < -0.3 is 20.9 Å². The molecule has 0 amide bonds. The Balaban J connectivity index is -0.0000000150. The van der Waals surface area contributed by atoms with Gasteiger partial charge in [0, 0.05) is 5.97 Å². The molecular weight excluding hydrogens is 158 g/mol. The van der Waals surface area contributed by atoms with Crippen LogP contribution in [0.1, 0.15) is 6.92 Å². The number of carbonyl (C=O) groups excluding carboxylic acids is 1. The van der Waals surface area contributed by atoms with Crippen molar-refractivity contribution in [2.75, 3.05) is 0 Å². The fourth-order valence-electron chi connectivity index (χ4n) is 0. The van der Waals surface area contributed by atoms with Gasteiger partial charge in [-0.15, -0.1) is 0 Å². The topological polar surface area (TPSA) is 100 Å². The van der Waals surface area contributed by atoms with E-state index < -0.39 is 5.97 Å². The number of aliphatic carboxylic acids is 1. The van der Waals surface area contributed by atoms with Crippen LogP contribution in [0.3, 0.4) is 0 Å². The minimum atomic E-state index is -1.08. The van der Waals surface area contributed by atoms with Crippen LogP contribution in [0.15, 0.2) is 0 Å². The van der Waals surface area contributed by atoms with Crippen molar-refractivity contribution in [3.63, 3.8) is 0 Å². The molecular formula is C2H5GaO4. The Hall–Kier alpha value is 0.0264. The molecule has 0 rings (SSSR count). The first kappa shape index (κ1) is 27.9. The van der Waals surface area contributed by atoms with Crippen LogP contribution in [-0.4, -0.2) is 36.7 Å². The van der Waals surface area contributed by atoms with E-state index in [-0.39, 0.29) is 30.7 Å². The van der Waals surface area contributed by atoms with Gasteiger partial charge in [-0.2, -0.15) is 0 Å². The van der Waals surface area contributed by atoms with Crippen molar-refractivity contribution in [3.8, 4) is 0 Å². The predicted octanol–water partition coefficient (Wildman–Crippen LogP) is -1.98. The Morgan fingerprint density at radius 2 is 1.43 bits per heavy atom. The smallest absolute Gasteiger partial charge is 0.870 e. The molecule has 7 heavy (non-hydrogen) atoms. The quantitative estimate of drug-likeness (QED) is 0.386. The molecule has 0 saturated carbocycles. The maximum Gasteiger partial charge on any atom is 3.00 e. The van der Waals surface area contributed by atoms with E-state index in [9.17, 15) is 0 Å². The molecule has 5 heteroatoms. The summed E-state index contributed by atoms with van der Waals surface area (Å²) in [6.07, 6.45) is 0. The van der Waals surface area contributed by atoms with Crippen molar-refractivity contribution in [1.29, 1.82) is 0 Å². The summed E-state index contributed by atoms with van der Waals surface area (Å²) in [5.74, 6) is -1.08. The van der Waals surface area contributed by atoms with Crippen molar-refractivity contribution < 1.29 is 20.9 Å². The molecule has 0 aliphatic carbocycles. The van der Waals surface area contributed by atoms with Gasteiger partial charge in [0.2, 0.25) is 0 Å². The number of rotatable bonds is 0. The number of hydrogen-bond donors (Lipinski definition) is 0. The van der Waals surface area contributed by atoms with Gasteiger partial charge in [-0.1, -0.05) is 0 Å². The van der Waals surface area contributed by atoms with Gasteiger partial charge in [-0.3, -0.25) is 0 Å². The second-order valence-corrected chi connectivity index (χ2v) is 0.492. The van der Waals surface area contributed by atoms with E-state index in [0.717, 1.165) is 6.92 Å². The van der Waals surface area contributed by atoms with Gasteiger partial charge in [0.15, 0.2) is 0 Å². The Kier molecular flexibility index (Phi) is 66.2. The average molecular weight is 163 g/mol. The summed E-state index contributed by atoms with van der Waals surface area (Å²) < 4.78 is 0. The summed E-state index contributed by atoms with van der Waals surface area (Å²) >= 11 is 0. The van der Waals surface area contributed by atoms with Crippen molar-refractivity contribution in [1.82, 2.24) is 0 Å². The zero-order valence-electron chi connectivity index (χ0n) is 3.79. The minimum absolute atomic E-state index is 0. The Morgan fingerprint density at radius 1 is 1.43 bits per heavy atom. The van der Waals surface area contributed by atoms with Crippen LogP contribution < -0.4 is 5.11 Å². The van der Waals surface area contributed by atoms with E-state index in [1.54, 1.807) is 0 Å². The Bertz CT molecular complexity index is 32.7. The second kappa shape index (κ2) is 16.6. The van der Waals surface area contributed by atoms with E-state index in [2.05, 4.69) is 0 Å². The van der Waals surface area contributed by atoms with Gasteiger partial charge in [0.1, 0.15) is 0 Å². The number of carbonyl (C=O) groups is 1. The van der Waals surface area contributed by atoms with Crippen LogP contribution in [0.4, 0.5) is 0 Å². The third-order valence-electron chi connectivity index (χ3n) is 0. The van der Waals surface area contributed by atoms with Gasteiger partial charge in [0.25, 0.3) is 0 Å². The fourth-order valence-corrected chi connectivity index (χ4v) is 0. The molecule has 0 aromatic carbocycles. The van der Waals surface area contributed by atoms with Gasteiger partial charge in [-0.25, -0.2) is 0 Å². The normalized spacial score (nSPS) is 3.57. The summed E-state index contributed by atoms with van der Waals surface area (Å²) in [6, 6.07) is 0. The van der Waals surface area contributed by atoms with Crippen molar-refractivity contribution in [3.05, 3.63) is 0 Å². The molecule has 2 N–H and O–H groups in total. The van der Waals surface area contributed by atoms with E-state index >= 15 is 0 Å². The SMILES string of the molecule is CC(=O)[O-].[Ga+3].[OH-].[OH-]. The molecule has 0 aromatic heterocycles. The van der Waals surface area contributed by atoms with Gasteiger partial charge in [0.05, 0.1) is 0 Å². The van der Waals surface area contributed by atoms with Crippen LogP contribution in [0.25, 0.3) is 0 Å². The monoisotopic (exact) mass is 162 g/mol. The first-order chi connectivity index (χ1) is 1.73. The zero-order chi connectivity index (χ0) is 3.58. The van der Waals surface area contributed by atoms with Crippen molar-refractivity contribution >= 4 is 25.8 Å². The molecule has 0 bridgehead atoms. The fraction of sp³-hybridized carbons (Fsp3) is 0.500. The molecule has 0 saturated heterocycles. The largest absolute Gasteiger partial charge is 3.00 e. The summed E-state index contributed by atoms with van der Waals surface area (Å²) in [7, 11) is 0. The van der Waals surface area contributed by atoms with Crippen LogP contribution >= 0.6 is 0 Å². The zero-order valence-corrected chi connectivity index (χ0v) is 6.21. The molecule has 0 heterocycles. The van der Waals surface area contributed by atoms with E-state index in [1.807, 2.05) is 0 Å². The van der Waals surface area contributed by atoms with Crippen molar-refractivity contribution in [2.24, 2.45) is 0 Å². The molecule has 40 valence electrons. The maximum atomic E-state index is 8.89. The minimum Gasteiger partial charge on any atom is -0.870 e. The third-order valence-corrected chi connectivity index (χ3v) is 0. The predicted molar refractivity (Wildman–Crippen MR) is 20.3 cm³/mol. The van der Waals surface area contributed by atoms with E-state index in [0.29, 0.717) is 0 Å². The molecule has 0 fully saturated rings. The standard InChI is InChI=1S/C2H4O2.Ga.2H2O/c1-2(3)4;;;/h1H3,(H,3,4);;2*1H2/q;+3;;/p-3. The van der Waals surface area contributed by atoms with Gasteiger partial charge >= 0.3 is 19.8 Å². The molecule has 0 unspecified atom stereocenters. The second-order valence-electron chi connectivity index (χ2n) is 0.492. The van der Waals surface area contributed by atoms with E-state index in [1.165, 1.54) is 0 Å². The summed E-state index contributed by atoms with van der Waals surface area (Å²) in [5.41, 5.74) is 0. The van der Waals surface area contributed by atoms with Crippen LogP contribution in [-0.2, 0) is 4.79 Å². The van der Waals surface area contributed by atoms with Crippen LogP contribution in [0.5, 0.6) is 0 Å². The summed E-state index contributed by atoms with van der Waals surface area (Å²) in [4.78, 5) is 8.89. The van der Waals surface area contributed by atoms with Gasteiger partial charge in [-0.05, 0) is 6.92 Å². The molecule has 0 aromatic rings. The third kappa shape index (κ3) is 141000. The van der Waals surface area contributed by atoms with E-state index in [4.69, 9.17) is 9.90 Å². The number of hydrogen-bond acceptors (Lipinski definition) is 4. The van der Waals surface area contributed by atoms with Crippen molar-refractivity contribution in [2.45, 2.75) is 6.92 Å². The maximum absolute atomic E-state index is 8.89. The molecule has 4 nitrogen and oxygen atoms in total. The van der Waals surface area contributed by atoms with Crippen LogP contribution in [0, 0.1) is 0 Å². The van der Waals surface area contributed by atoms with Crippen LogP contribution in [0.2, 0.25) is 0 Å². The molecule has 0 spiro atoms. The number of carboxylic acid groups (broad SMARTS) is 1.